The Balaban J connectivity index is 2.21. The summed E-state index contributed by atoms with van der Waals surface area (Å²) in [7, 11) is 0. The highest BCUT2D eigenvalue weighted by Crippen LogP contribution is 2.33. The van der Waals surface area contributed by atoms with Gasteiger partial charge in [-0.1, -0.05) is 37.8 Å². The number of hydrogen-bond acceptors (Lipinski definition) is 4. The summed E-state index contributed by atoms with van der Waals surface area (Å²) < 4.78 is 1.40. The van der Waals surface area contributed by atoms with E-state index >= 15 is 0 Å². The Morgan fingerprint density at radius 3 is 2.80 bits per heavy atom. The molecule has 0 aliphatic heterocycles. The van der Waals surface area contributed by atoms with Crippen LogP contribution in [0.5, 0.6) is 0 Å². The standard InChI is InChI=1S/C14H22ClN3O2/c1-2-3-8-18-13(20)12(15)11(9-16-18)17-14(10-19)6-4-5-7-14/h9,17,19H,2-8,10H2,1H3. The lowest BCUT2D eigenvalue weighted by Gasteiger charge is -2.29. The van der Waals surface area contributed by atoms with E-state index in [2.05, 4.69) is 17.3 Å². The molecule has 1 fully saturated rings. The maximum atomic E-state index is 12.1. The molecular formula is C14H22ClN3O2. The van der Waals surface area contributed by atoms with Crippen LogP contribution in [0.2, 0.25) is 5.02 Å². The van der Waals surface area contributed by atoms with E-state index in [4.69, 9.17) is 11.6 Å². The molecule has 112 valence electrons. The molecule has 1 heterocycles. The van der Waals surface area contributed by atoms with E-state index in [0.29, 0.717) is 12.2 Å². The molecule has 6 heteroatoms. The number of rotatable bonds is 6. The monoisotopic (exact) mass is 299 g/mol. The molecule has 0 unspecified atom stereocenters. The first-order valence-corrected chi connectivity index (χ1v) is 7.64. The average Bonchev–Trinajstić information content (AvgIpc) is 2.92. The van der Waals surface area contributed by atoms with Crippen molar-refractivity contribution in [1.29, 1.82) is 0 Å². The molecule has 1 aliphatic rings. The van der Waals surface area contributed by atoms with Gasteiger partial charge in [0.15, 0.2) is 0 Å². The molecule has 0 atom stereocenters. The topological polar surface area (TPSA) is 67.2 Å². The fourth-order valence-electron chi connectivity index (χ4n) is 2.68. The average molecular weight is 300 g/mol. The van der Waals surface area contributed by atoms with Crippen molar-refractivity contribution in [2.24, 2.45) is 0 Å². The predicted molar refractivity (Wildman–Crippen MR) is 80.3 cm³/mol. The number of nitrogens with one attached hydrogen (secondary N) is 1. The van der Waals surface area contributed by atoms with Crippen molar-refractivity contribution in [2.75, 3.05) is 11.9 Å². The van der Waals surface area contributed by atoms with Crippen LogP contribution in [0.3, 0.4) is 0 Å². The molecule has 1 aliphatic carbocycles. The molecule has 1 aromatic rings. The number of halogens is 1. The second kappa shape index (κ2) is 6.59. The molecule has 0 radical (unpaired) electrons. The van der Waals surface area contributed by atoms with Gasteiger partial charge in [0.05, 0.1) is 24.0 Å². The van der Waals surface area contributed by atoms with E-state index in [1.54, 1.807) is 6.20 Å². The third-order valence-electron chi connectivity index (χ3n) is 3.97. The van der Waals surface area contributed by atoms with E-state index in [-0.39, 0.29) is 22.7 Å². The van der Waals surface area contributed by atoms with Crippen molar-refractivity contribution < 1.29 is 5.11 Å². The third kappa shape index (κ3) is 3.15. The summed E-state index contributed by atoms with van der Waals surface area (Å²) in [6, 6.07) is 0. The van der Waals surface area contributed by atoms with E-state index in [1.807, 2.05) is 0 Å². The van der Waals surface area contributed by atoms with E-state index in [9.17, 15) is 9.90 Å². The number of unbranched alkanes of at least 4 members (excludes halogenated alkanes) is 1. The molecule has 2 N–H and O–H groups in total. The van der Waals surface area contributed by atoms with Crippen LogP contribution in [0.15, 0.2) is 11.0 Å². The van der Waals surface area contributed by atoms with Crippen LogP contribution in [0, 0.1) is 0 Å². The highest BCUT2D eigenvalue weighted by molar-refractivity contribution is 6.32. The number of nitrogens with zero attached hydrogens (tertiary/aromatic N) is 2. The molecule has 0 amide bonds. The van der Waals surface area contributed by atoms with Crippen molar-refractivity contribution in [3.05, 3.63) is 21.6 Å². The molecular weight excluding hydrogens is 278 g/mol. The maximum absolute atomic E-state index is 12.1. The molecule has 0 bridgehead atoms. The number of aliphatic hydroxyl groups is 1. The first-order valence-electron chi connectivity index (χ1n) is 7.26. The van der Waals surface area contributed by atoms with Gasteiger partial charge in [-0.25, -0.2) is 4.68 Å². The van der Waals surface area contributed by atoms with Gasteiger partial charge in [-0.2, -0.15) is 5.10 Å². The van der Waals surface area contributed by atoms with Crippen LogP contribution in [-0.2, 0) is 6.54 Å². The van der Waals surface area contributed by atoms with Gasteiger partial charge in [-0.05, 0) is 19.3 Å². The summed E-state index contributed by atoms with van der Waals surface area (Å²) in [5, 5.41) is 17.2. The molecule has 0 saturated heterocycles. The number of hydrogen-bond donors (Lipinski definition) is 2. The smallest absolute Gasteiger partial charge is 0.287 e. The first kappa shape index (κ1) is 15.3. The van der Waals surface area contributed by atoms with Crippen LogP contribution in [0.25, 0.3) is 0 Å². The minimum absolute atomic E-state index is 0.0439. The summed E-state index contributed by atoms with van der Waals surface area (Å²) in [6.07, 6.45) is 7.42. The Morgan fingerprint density at radius 1 is 1.50 bits per heavy atom. The molecule has 0 spiro atoms. The number of anilines is 1. The normalized spacial score (nSPS) is 17.4. The highest BCUT2D eigenvalue weighted by atomic mass is 35.5. The molecule has 0 aromatic carbocycles. The predicted octanol–water partition coefficient (Wildman–Crippen LogP) is 2.41. The molecule has 1 saturated carbocycles. The van der Waals surface area contributed by atoms with Gasteiger partial charge in [0.1, 0.15) is 5.02 Å². The van der Waals surface area contributed by atoms with Crippen molar-refractivity contribution in [1.82, 2.24) is 9.78 Å². The van der Waals surface area contributed by atoms with E-state index < -0.39 is 0 Å². The zero-order valence-electron chi connectivity index (χ0n) is 11.9. The van der Waals surface area contributed by atoms with Crippen LogP contribution in [-0.4, -0.2) is 27.0 Å². The van der Waals surface area contributed by atoms with Crippen LogP contribution in [0.1, 0.15) is 45.4 Å². The molecule has 2 rings (SSSR count). The Kier molecular flexibility index (Phi) is 5.05. The molecule has 5 nitrogen and oxygen atoms in total. The maximum Gasteiger partial charge on any atom is 0.287 e. The summed E-state index contributed by atoms with van der Waals surface area (Å²) in [4.78, 5) is 12.1. The summed E-state index contributed by atoms with van der Waals surface area (Å²) in [5.74, 6) is 0. The van der Waals surface area contributed by atoms with Gasteiger partial charge in [-0.3, -0.25) is 4.79 Å². The Labute approximate surface area is 124 Å². The second-order valence-corrected chi connectivity index (χ2v) is 5.90. The van der Waals surface area contributed by atoms with Crippen molar-refractivity contribution in [3.8, 4) is 0 Å². The van der Waals surface area contributed by atoms with Crippen molar-refractivity contribution in [2.45, 2.75) is 57.5 Å². The van der Waals surface area contributed by atoms with Gasteiger partial charge >= 0.3 is 0 Å². The Morgan fingerprint density at radius 2 is 2.20 bits per heavy atom. The first-order chi connectivity index (χ1) is 9.62. The van der Waals surface area contributed by atoms with Crippen LogP contribution in [0.4, 0.5) is 5.69 Å². The van der Waals surface area contributed by atoms with Gasteiger partial charge in [0, 0.05) is 6.54 Å². The molecule has 20 heavy (non-hydrogen) atoms. The van der Waals surface area contributed by atoms with Crippen molar-refractivity contribution in [3.63, 3.8) is 0 Å². The summed E-state index contributed by atoms with van der Waals surface area (Å²) >= 11 is 6.16. The minimum atomic E-state index is -0.354. The quantitative estimate of drug-likeness (QED) is 0.846. The van der Waals surface area contributed by atoms with Gasteiger partial charge in [-0.15, -0.1) is 0 Å². The lowest BCUT2D eigenvalue weighted by molar-refractivity contribution is 0.214. The zero-order chi connectivity index (χ0) is 14.6. The molecule has 1 aromatic heterocycles. The second-order valence-electron chi connectivity index (χ2n) is 5.52. The van der Waals surface area contributed by atoms with Gasteiger partial charge < -0.3 is 10.4 Å². The SMILES string of the molecule is CCCCn1ncc(NC2(CO)CCCC2)c(Cl)c1=O. The number of aromatic nitrogens is 2. The van der Waals surface area contributed by atoms with E-state index in [0.717, 1.165) is 38.5 Å². The fourth-order valence-corrected chi connectivity index (χ4v) is 2.87. The Bertz CT molecular complexity index is 510. The highest BCUT2D eigenvalue weighted by Gasteiger charge is 2.33. The summed E-state index contributed by atoms with van der Waals surface area (Å²) in [6.45, 7) is 2.69. The third-order valence-corrected chi connectivity index (χ3v) is 4.34. The van der Waals surface area contributed by atoms with Gasteiger partial charge in [0.25, 0.3) is 5.56 Å². The summed E-state index contributed by atoms with van der Waals surface area (Å²) in [5.41, 5.74) is -0.0931. The van der Waals surface area contributed by atoms with Gasteiger partial charge in [0.2, 0.25) is 0 Å². The zero-order valence-corrected chi connectivity index (χ0v) is 12.6. The number of aryl methyl sites for hydroxylation is 1. The minimum Gasteiger partial charge on any atom is -0.394 e. The number of aliphatic hydroxyl groups excluding tert-OH is 1. The fraction of sp³-hybridized carbons (Fsp3) is 0.714. The lowest BCUT2D eigenvalue weighted by atomic mass is 9.99. The lowest BCUT2D eigenvalue weighted by Crippen LogP contribution is -2.40. The largest absolute Gasteiger partial charge is 0.394 e. The van der Waals surface area contributed by atoms with Crippen LogP contribution < -0.4 is 10.9 Å². The van der Waals surface area contributed by atoms with Crippen LogP contribution >= 0.6 is 11.6 Å². The van der Waals surface area contributed by atoms with E-state index in [1.165, 1.54) is 4.68 Å². The Hall–Kier alpha value is -1.07. The van der Waals surface area contributed by atoms with Crippen molar-refractivity contribution >= 4 is 17.3 Å².